The van der Waals surface area contributed by atoms with Crippen LogP contribution in [0.3, 0.4) is 0 Å². The van der Waals surface area contributed by atoms with Gasteiger partial charge in [-0.05, 0) is 31.7 Å². The highest BCUT2D eigenvalue weighted by Crippen LogP contribution is 2.30. The van der Waals surface area contributed by atoms with Gasteiger partial charge in [0.1, 0.15) is 0 Å². The van der Waals surface area contributed by atoms with Crippen molar-refractivity contribution >= 4 is 5.91 Å². The van der Waals surface area contributed by atoms with E-state index in [9.17, 15) is 4.79 Å². The van der Waals surface area contributed by atoms with Crippen LogP contribution in [0, 0.1) is 5.92 Å². The molecule has 1 amide bonds. The van der Waals surface area contributed by atoms with Gasteiger partial charge in [-0.1, -0.05) is 13.3 Å². The Morgan fingerprint density at radius 1 is 1.33 bits per heavy atom. The molecule has 3 heteroatoms. The Morgan fingerprint density at radius 3 is 2.73 bits per heavy atom. The smallest absolute Gasteiger partial charge is 0.236 e. The van der Waals surface area contributed by atoms with Gasteiger partial charge in [-0.15, -0.1) is 0 Å². The Bertz CT molecular complexity index is 226. The molecule has 0 spiro atoms. The van der Waals surface area contributed by atoms with E-state index in [1.54, 1.807) is 0 Å². The maximum atomic E-state index is 11.8. The van der Waals surface area contributed by atoms with E-state index in [1.807, 2.05) is 0 Å². The number of hydrogen-bond acceptors (Lipinski definition) is 2. The molecule has 0 atom stereocenters. The summed E-state index contributed by atoms with van der Waals surface area (Å²) in [6, 6.07) is 0. The molecular weight excluding hydrogens is 188 g/mol. The third-order valence-electron chi connectivity index (χ3n) is 3.40. The van der Waals surface area contributed by atoms with Gasteiger partial charge in [-0.2, -0.15) is 0 Å². The first kappa shape index (κ1) is 10.9. The van der Waals surface area contributed by atoms with Crippen LogP contribution in [-0.4, -0.2) is 48.4 Å². The zero-order valence-electron chi connectivity index (χ0n) is 9.74. The molecule has 2 aliphatic rings. The number of carbonyl (C=O) groups excluding carboxylic acids is 1. The second kappa shape index (κ2) is 4.97. The van der Waals surface area contributed by atoms with E-state index in [0.29, 0.717) is 12.5 Å². The predicted molar refractivity (Wildman–Crippen MR) is 60.7 cm³/mol. The Morgan fingerprint density at radius 2 is 2.13 bits per heavy atom. The van der Waals surface area contributed by atoms with Gasteiger partial charge in [0.2, 0.25) is 5.91 Å². The summed E-state index contributed by atoms with van der Waals surface area (Å²) < 4.78 is 0. The van der Waals surface area contributed by atoms with Crippen LogP contribution in [-0.2, 0) is 4.79 Å². The maximum absolute atomic E-state index is 11.8. The standard InChI is InChI=1S/C12H22N2O/c1-2-3-6-13-7-8-14(12(15)10-13)9-11-4-5-11/h11H,2-10H2,1H3. The number of amides is 1. The SMILES string of the molecule is CCCCN1CCN(CC2CC2)C(=O)C1. The van der Waals surface area contributed by atoms with Gasteiger partial charge in [0.25, 0.3) is 0 Å². The van der Waals surface area contributed by atoms with E-state index in [0.717, 1.165) is 32.1 Å². The van der Waals surface area contributed by atoms with Gasteiger partial charge < -0.3 is 4.90 Å². The second-order valence-electron chi connectivity index (χ2n) is 4.91. The molecule has 1 aliphatic heterocycles. The molecule has 1 heterocycles. The van der Waals surface area contributed by atoms with E-state index in [1.165, 1.54) is 25.7 Å². The fourth-order valence-electron chi connectivity index (χ4n) is 2.13. The van der Waals surface area contributed by atoms with Gasteiger partial charge in [0, 0.05) is 19.6 Å². The molecule has 0 aromatic rings. The summed E-state index contributed by atoms with van der Waals surface area (Å²) in [5.74, 6) is 1.18. The molecule has 3 nitrogen and oxygen atoms in total. The zero-order valence-corrected chi connectivity index (χ0v) is 9.74. The van der Waals surface area contributed by atoms with Gasteiger partial charge >= 0.3 is 0 Å². The van der Waals surface area contributed by atoms with Gasteiger partial charge in [-0.3, -0.25) is 9.69 Å². The fourth-order valence-corrected chi connectivity index (χ4v) is 2.13. The van der Waals surface area contributed by atoms with Crippen molar-refractivity contribution in [2.24, 2.45) is 5.92 Å². The Kier molecular flexibility index (Phi) is 3.62. The highest BCUT2D eigenvalue weighted by atomic mass is 16.2. The summed E-state index contributed by atoms with van der Waals surface area (Å²) in [4.78, 5) is 16.2. The monoisotopic (exact) mass is 210 g/mol. The van der Waals surface area contributed by atoms with E-state index in [-0.39, 0.29) is 0 Å². The Balaban J connectivity index is 1.72. The van der Waals surface area contributed by atoms with Crippen molar-refractivity contribution < 1.29 is 4.79 Å². The van der Waals surface area contributed by atoms with Crippen molar-refractivity contribution in [3.05, 3.63) is 0 Å². The molecule has 2 fully saturated rings. The van der Waals surface area contributed by atoms with Gasteiger partial charge in [-0.25, -0.2) is 0 Å². The van der Waals surface area contributed by atoms with E-state index in [4.69, 9.17) is 0 Å². The van der Waals surface area contributed by atoms with E-state index in [2.05, 4.69) is 16.7 Å². The lowest BCUT2D eigenvalue weighted by Gasteiger charge is -2.34. The van der Waals surface area contributed by atoms with Crippen molar-refractivity contribution in [2.75, 3.05) is 32.7 Å². The Labute approximate surface area is 92.4 Å². The fraction of sp³-hybridized carbons (Fsp3) is 0.917. The van der Waals surface area contributed by atoms with E-state index >= 15 is 0 Å². The first-order valence-corrected chi connectivity index (χ1v) is 6.29. The normalized spacial score (nSPS) is 23.5. The predicted octanol–water partition coefficient (Wildman–Crippen LogP) is 1.34. The van der Waals surface area contributed by atoms with Crippen LogP contribution in [0.4, 0.5) is 0 Å². The van der Waals surface area contributed by atoms with Crippen LogP contribution in [0.25, 0.3) is 0 Å². The van der Waals surface area contributed by atoms with Crippen LogP contribution in [0.1, 0.15) is 32.6 Å². The third-order valence-corrected chi connectivity index (χ3v) is 3.40. The molecule has 86 valence electrons. The summed E-state index contributed by atoms with van der Waals surface area (Å²) in [6.07, 6.45) is 5.11. The number of unbranched alkanes of at least 4 members (excludes halogenated alkanes) is 1. The van der Waals surface area contributed by atoms with Crippen molar-refractivity contribution in [3.8, 4) is 0 Å². The molecule has 1 saturated carbocycles. The molecule has 0 radical (unpaired) electrons. The summed E-state index contributed by atoms with van der Waals surface area (Å²) in [5.41, 5.74) is 0. The van der Waals surface area contributed by atoms with Crippen molar-refractivity contribution in [1.82, 2.24) is 9.80 Å². The van der Waals surface area contributed by atoms with Crippen molar-refractivity contribution in [1.29, 1.82) is 0 Å². The van der Waals surface area contributed by atoms with Crippen molar-refractivity contribution in [2.45, 2.75) is 32.6 Å². The molecule has 0 bridgehead atoms. The van der Waals surface area contributed by atoms with E-state index < -0.39 is 0 Å². The molecule has 0 aromatic carbocycles. The minimum Gasteiger partial charge on any atom is -0.340 e. The topological polar surface area (TPSA) is 23.6 Å². The number of hydrogen-bond donors (Lipinski definition) is 0. The number of nitrogens with zero attached hydrogens (tertiary/aromatic N) is 2. The third kappa shape index (κ3) is 3.20. The number of piperazine rings is 1. The molecule has 1 aliphatic carbocycles. The molecule has 0 N–H and O–H groups in total. The highest BCUT2D eigenvalue weighted by molar-refractivity contribution is 5.79. The molecule has 0 unspecified atom stereocenters. The van der Waals surface area contributed by atoms with Crippen LogP contribution in [0.5, 0.6) is 0 Å². The maximum Gasteiger partial charge on any atom is 0.236 e. The van der Waals surface area contributed by atoms with Crippen molar-refractivity contribution in [3.63, 3.8) is 0 Å². The average molecular weight is 210 g/mol. The summed E-state index contributed by atoms with van der Waals surface area (Å²) in [7, 11) is 0. The number of carbonyl (C=O) groups is 1. The summed E-state index contributed by atoms with van der Waals surface area (Å²) in [6.45, 7) is 7.02. The quantitative estimate of drug-likeness (QED) is 0.683. The zero-order chi connectivity index (χ0) is 10.7. The molecule has 1 saturated heterocycles. The molecule has 0 aromatic heterocycles. The number of rotatable bonds is 5. The first-order valence-electron chi connectivity index (χ1n) is 6.29. The lowest BCUT2D eigenvalue weighted by molar-refractivity contribution is -0.136. The first-order chi connectivity index (χ1) is 7.29. The summed E-state index contributed by atoms with van der Waals surface area (Å²) >= 11 is 0. The lowest BCUT2D eigenvalue weighted by Crippen LogP contribution is -2.50. The van der Waals surface area contributed by atoms with Gasteiger partial charge in [0.15, 0.2) is 0 Å². The Hall–Kier alpha value is -0.570. The molecular formula is C12H22N2O. The molecule has 15 heavy (non-hydrogen) atoms. The van der Waals surface area contributed by atoms with Crippen LogP contribution in [0.2, 0.25) is 0 Å². The largest absolute Gasteiger partial charge is 0.340 e. The summed E-state index contributed by atoms with van der Waals surface area (Å²) in [5, 5.41) is 0. The van der Waals surface area contributed by atoms with Crippen LogP contribution >= 0.6 is 0 Å². The second-order valence-corrected chi connectivity index (χ2v) is 4.91. The lowest BCUT2D eigenvalue weighted by atomic mass is 10.2. The highest BCUT2D eigenvalue weighted by Gasteiger charge is 2.29. The minimum atomic E-state index is 0.351. The average Bonchev–Trinajstić information content (AvgIpc) is 3.02. The van der Waals surface area contributed by atoms with Gasteiger partial charge in [0.05, 0.1) is 6.54 Å². The minimum absolute atomic E-state index is 0.351. The van der Waals surface area contributed by atoms with Crippen LogP contribution in [0.15, 0.2) is 0 Å². The van der Waals surface area contributed by atoms with Crippen LogP contribution < -0.4 is 0 Å². The molecule has 2 rings (SSSR count).